The highest BCUT2D eigenvalue weighted by Gasteiger charge is 2.30. The average Bonchev–Trinajstić information content (AvgIpc) is 3.75. The van der Waals surface area contributed by atoms with Crippen LogP contribution in [0.1, 0.15) is 40.8 Å². The highest BCUT2D eigenvalue weighted by atomic mass is 19.4. The molecule has 4 N–H and O–H groups in total. The third-order valence-electron chi connectivity index (χ3n) is 10.3. The van der Waals surface area contributed by atoms with Crippen molar-refractivity contribution in [1.82, 2.24) is 14.4 Å². The van der Waals surface area contributed by atoms with Crippen molar-refractivity contribution in [3.05, 3.63) is 141 Å². The van der Waals surface area contributed by atoms with Gasteiger partial charge in [-0.25, -0.2) is 18.4 Å². The zero-order valence-electron chi connectivity index (χ0n) is 32.5. The lowest BCUT2D eigenvalue weighted by atomic mass is 10.0. The standard InChI is InChI=1S/C40H38F5N3O2.C4H6O6/c1-46(25-28-7-10-29(11-8-28)30-12-15-32(16-13-30)40(43,44)45)38(50)26-48-33(17-14-31-5-4-6-35(41)39(31)42)24-37(49)34-18-9-27(23-36(34)48)19-22-47-20-2-3-21-47;5-1(3(7)8)2(6)4(9)10/h4-13,15-16,18,23-24H,2-3,14,17,19-22,25-26H2,1H3;1-2,5-6H,(H,7,8)(H,9,10). The number of halogens is 5. The minimum absolute atomic E-state index is 0.0759. The highest BCUT2D eigenvalue weighted by molar-refractivity contribution is 5.84. The predicted molar refractivity (Wildman–Crippen MR) is 212 cm³/mol. The number of aliphatic hydroxyl groups excluding tert-OH is 2. The fourth-order valence-corrected chi connectivity index (χ4v) is 6.86. The maximum Gasteiger partial charge on any atom is 0.416 e. The van der Waals surface area contributed by atoms with Crippen LogP contribution in [-0.4, -0.2) is 91.5 Å². The first-order valence-electron chi connectivity index (χ1n) is 19.1. The van der Waals surface area contributed by atoms with E-state index in [2.05, 4.69) is 4.90 Å². The van der Waals surface area contributed by atoms with Gasteiger partial charge in [0.1, 0.15) is 6.54 Å². The summed E-state index contributed by atoms with van der Waals surface area (Å²) in [6.07, 6.45) is -5.42. The number of carboxylic acid groups (broad SMARTS) is 2. The van der Waals surface area contributed by atoms with Gasteiger partial charge in [-0.3, -0.25) is 9.59 Å². The molecule has 2 heterocycles. The summed E-state index contributed by atoms with van der Waals surface area (Å²) >= 11 is 0. The van der Waals surface area contributed by atoms with Gasteiger partial charge in [0.2, 0.25) is 5.91 Å². The van der Waals surface area contributed by atoms with Crippen LogP contribution in [0.2, 0.25) is 0 Å². The molecule has 4 aromatic carbocycles. The largest absolute Gasteiger partial charge is 0.479 e. The Morgan fingerprint density at radius 3 is 1.93 bits per heavy atom. The number of hydrogen-bond acceptors (Lipinski definition) is 7. The predicted octanol–water partition coefficient (Wildman–Crippen LogP) is 5.93. The summed E-state index contributed by atoms with van der Waals surface area (Å²) in [6, 6.07) is 23.5. The first-order valence-corrected chi connectivity index (χ1v) is 19.1. The molecule has 5 aromatic rings. The van der Waals surface area contributed by atoms with E-state index in [-0.39, 0.29) is 42.8 Å². The molecule has 0 aliphatic carbocycles. The number of aryl methyl sites for hydroxylation is 2. The Morgan fingerprint density at radius 1 is 0.767 bits per heavy atom. The van der Waals surface area contributed by atoms with Gasteiger partial charge in [-0.05, 0) is 103 Å². The third kappa shape index (κ3) is 11.6. The molecule has 2 unspecified atom stereocenters. The van der Waals surface area contributed by atoms with Crippen LogP contribution in [0.3, 0.4) is 0 Å². The molecule has 1 aliphatic heterocycles. The lowest BCUT2D eigenvalue weighted by Gasteiger charge is -2.22. The number of carbonyl (C=O) groups excluding carboxylic acids is 1. The lowest BCUT2D eigenvalue weighted by molar-refractivity contribution is -0.165. The van der Waals surface area contributed by atoms with Crippen LogP contribution in [0.15, 0.2) is 95.8 Å². The van der Waals surface area contributed by atoms with Crippen LogP contribution < -0.4 is 5.43 Å². The second-order valence-corrected chi connectivity index (χ2v) is 14.5. The number of carboxylic acids is 2. The van der Waals surface area contributed by atoms with Gasteiger partial charge in [-0.2, -0.15) is 13.2 Å². The molecule has 1 saturated heterocycles. The number of aromatic nitrogens is 1. The molecule has 6 rings (SSSR count). The first-order chi connectivity index (χ1) is 28.4. The van der Waals surface area contributed by atoms with Gasteiger partial charge < -0.3 is 34.8 Å². The Bertz CT molecular complexity index is 2340. The van der Waals surface area contributed by atoms with Crippen LogP contribution in [-0.2, 0) is 52.9 Å². The number of aliphatic carboxylic acids is 2. The SMILES string of the molecule is CN(Cc1ccc(-c2ccc(C(F)(F)F)cc2)cc1)C(=O)Cn1c(CCc2cccc(F)c2F)cc(=O)c2ccc(CCN3CCCC3)cc21.O=C(O)C(O)C(O)C(=O)O. The number of benzene rings is 4. The molecule has 11 nitrogen and oxygen atoms in total. The molecule has 16 heteroatoms. The third-order valence-corrected chi connectivity index (χ3v) is 10.3. The van der Waals surface area contributed by atoms with E-state index in [1.807, 2.05) is 28.8 Å². The lowest BCUT2D eigenvalue weighted by Crippen LogP contribution is -2.39. The van der Waals surface area contributed by atoms with Gasteiger partial charge in [-0.15, -0.1) is 0 Å². The Balaban J connectivity index is 0.000000606. The zero-order chi connectivity index (χ0) is 43.7. The number of alkyl halides is 3. The summed E-state index contributed by atoms with van der Waals surface area (Å²) in [7, 11) is 1.68. The van der Waals surface area contributed by atoms with E-state index < -0.39 is 47.5 Å². The smallest absolute Gasteiger partial charge is 0.416 e. The van der Waals surface area contributed by atoms with Crippen molar-refractivity contribution in [2.45, 2.75) is 63.6 Å². The average molecular weight is 838 g/mol. The zero-order valence-corrected chi connectivity index (χ0v) is 32.5. The van der Waals surface area contributed by atoms with Gasteiger partial charge >= 0.3 is 18.1 Å². The fraction of sp³-hybridized carbons (Fsp3) is 0.318. The quantitative estimate of drug-likeness (QED) is 0.0996. The summed E-state index contributed by atoms with van der Waals surface area (Å²) in [5, 5.41) is 33.0. The van der Waals surface area contributed by atoms with E-state index in [1.165, 1.54) is 43.2 Å². The van der Waals surface area contributed by atoms with Crippen molar-refractivity contribution in [2.24, 2.45) is 0 Å². The minimum Gasteiger partial charge on any atom is -0.479 e. The normalized spacial score (nSPS) is 14.0. The molecule has 0 spiro atoms. The number of aliphatic hydroxyl groups is 2. The molecule has 0 radical (unpaired) electrons. The maximum atomic E-state index is 14.6. The van der Waals surface area contributed by atoms with E-state index in [0.29, 0.717) is 22.2 Å². The van der Waals surface area contributed by atoms with Crippen molar-refractivity contribution in [1.29, 1.82) is 0 Å². The monoisotopic (exact) mass is 837 g/mol. The van der Waals surface area contributed by atoms with Crippen LogP contribution >= 0.6 is 0 Å². The van der Waals surface area contributed by atoms with Gasteiger partial charge in [-0.1, -0.05) is 54.6 Å². The number of amides is 1. The van der Waals surface area contributed by atoms with Crippen LogP contribution in [0.25, 0.3) is 22.0 Å². The summed E-state index contributed by atoms with van der Waals surface area (Å²) in [6.45, 7) is 3.23. The fourth-order valence-electron chi connectivity index (χ4n) is 6.86. The number of likely N-dealkylation sites (tertiary alicyclic amines) is 1. The second-order valence-electron chi connectivity index (χ2n) is 14.5. The molecule has 1 amide bonds. The minimum atomic E-state index is -4.41. The van der Waals surface area contributed by atoms with Crippen molar-refractivity contribution in [3.8, 4) is 11.1 Å². The number of carbonyl (C=O) groups is 3. The van der Waals surface area contributed by atoms with E-state index >= 15 is 0 Å². The topological polar surface area (TPSA) is 161 Å². The number of nitrogens with zero attached hydrogens (tertiary/aromatic N) is 3. The summed E-state index contributed by atoms with van der Waals surface area (Å²) in [5.41, 5.74) is 3.70. The molecule has 1 aromatic heterocycles. The summed E-state index contributed by atoms with van der Waals surface area (Å²) < 4.78 is 69.3. The van der Waals surface area contributed by atoms with Crippen molar-refractivity contribution in [3.63, 3.8) is 0 Å². The Hall–Kier alpha value is -5.97. The van der Waals surface area contributed by atoms with Gasteiger partial charge in [0.15, 0.2) is 29.3 Å². The van der Waals surface area contributed by atoms with Crippen LogP contribution in [0.5, 0.6) is 0 Å². The number of fused-ring (bicyclic) bond motifs is 1. The van der Waals surface area contributed by atoms with Crippen LogP contribution in [0.4, 0.5) is 22.0 Å². The molecule has 60 heavy (non-hydrogen) atoms. The van der Waals surface area contributed by atoms with Gasteiger partial charge in [0.05, 0.1) is 11.1 Å². The van der Waals surface area contributed by atoms with E-state index in [1.54, 1.807) is 30.1 Å². The van der Waals surface area contributed by atoms with Gasteiger partial charge in [0, 0.05) is 37.3 Å². The van der Waals surface area contributed by atoms with E-state index in [4.69, 9.17) is 20.4 Å². The molecular formula is C44H44F5N3O8. The first kappa shape index (κ1) is 45.1. The number of pyridine rings is 1. The second kappa shape index (κ2) is 19.9. The number of rotatable bonds is 14. The van der Waals surface area contributed by atoms with Gasteiger partial charge in [0.25, 0.3) is 0 Å². The Kier molecular flexibility index (Phi) is 14.9. The molecule has 2 atom stereocenters. The molecule has 1 aliphatic rings. The van der Waals surface area contributed by atoms with Crippen molar-refractivity contribution < 1.29 is 56.8 Å². The summed E-state index contributed by atoms with van der Waals surface area (Å²) in [5.74, 6) is -5.62. The highest BCUT2D eigenvalue weighted by Crippen LogP contribution is 2.31. The van der Waals surface area contributed by atoms with Crippen molar-refractivity contribution >= 4 is 28.7 Å². The molecular weight excluding hydrogens is 793 g/mol. The maximum absolute atomic E-state index is 14.6. The summed E-state index contributed by atoms with van der Waals surface area (Å²) in [4.78, 5) is 50.6. The molecule has 0 bridgehead atoms. The van der Waals surface area contributed by atoms with Crippen molar-refractivity contribution in [2.75, 3.05) is 26.7 Å². The number of likely N-dealkylation sites (N-methyl/N-ethyl adjacent to an activating group) is 1. The molecule has 318 valence electrons. The van der Waals surface area contributed by atoms with E-state index in [0.717, 1.165) is 60.9 Å². The number of hydrogen-bond donors (Lipinski definition) is 4. The Morgan fingerprint density at radius 2 is 1.35 bits per heavy atom. The molecule has 1 fully saturated rings. The van der Waals surface area contributed by atoms with E-state index in [9.17, 15) is 41.1 Å². The molecule has 0 saturated carbocycles. The Labute approximate surface area is 341 Å². The van der Waals surface area contributed by atoms with Crippen LogP contribution in [0, 0.1) is 11.6 Å².